The number of aryl methyl sites for hydroxylation is 1. The summed E-state index contributed by atoms with van der Waals surface area (Å²) in [6, 6.07) is 11.6. The fourth-order valence-electron chi connectivity index (χ4n) is 2.36. The molecule has 0 bridgehead atoms. The molecular weight excluding hydrogens is 618 g/mol. The van der Waals surface area contributed by atoms with Crippen LogP contribution in [-0.4, -0.2) is 30.8 Å². The molecule has 9 heteroatoms. The third kappa shape index (κ3) is 5.95. The van der Waals surface area contributed by atoms with E-state index in [-0.39, 0.29) is 12.5 Å². The lowest BCUT2D eigenvalue weighted by Gasteiger charge is -2.10. The summed E-state index contributed by atoms with van der Waals surface area (Å²) in [6.07, 6.45) is 1.81. The van der Waals surface area contributed by atoms with Crippen LogP contribution in [0.25, 0.3) is 6.08 Å². The first-order chi connectivity index (χ1) is 13.9. The minimum Gasteiger partial charge on any atom is -0.480 e. The molecule has 0 aliphatic carbocycles. The topological polar surface area (TPSA) is 77.0 Å². The van der Waals surface area contributed by atoms with E-state index >= 15 is 0 Å². The van der Waals surface area contributed by atoms with Gasteiger partial charge in [-0.25, -0.2) is 9.79 Å². The molecule has 0 unspecified atom stereocenters. The van der Waals surface area contributed by atoms with E-state index in [9.17, 15) is 9.59 Å². The third-order valence-electron chi connectivity index (χ3n) is 3.80. The maximum Gasteiger partial charge on any atom is 0.343 e. The fourth-order valence-corrected chi connectivity index (χ4v) is 5.33. The number of amidine groups is 1. The van der Waals surface area contributed by atoms with Crippen LogP contribution in [0.2, 0.25) is 0 Å². The van der Waals surface area contributed by atoms with Gasteiger partial charge in [-0.2, -0.15) is 0 Å². The number of halogens is 2. The van der Waals surface area contributed by atoms with Crippen molar-refractivity contribution in [3.8, 4) is 5.75 Å². The first-order valence-corrected chi connectivity index (χ1v) is 11.4. The Labute approximate surface area is 199 Å². The van der Waals surface area contributed by atoms with Gasteiger partial charge in [-0.1, -0.05) is 17.7 Å². The molecule has 0 radical (unpaired) electrons. The van der Waals surface area contributed by atoms with Crippen LogP contribution in [0.1, 0.15) is 11.1 Å². The van der Waals surface area contributed by atoms with Crippen molar-refractivity contribution in [2.75, 3.05) is 13.7 Å². The van der Waals surface area contributed by atoms with Crippen molar-refractivity contribution in [3.63, 3.8) is 0 Å². The summed E-state index contributed by atoms with van der Waals surface area (Å²) in [7, 11) is 1.32. The van der Waals surface area contributed by atoms with E-state index in [0.717, 1.165) is 24.0 Å². The lowest BCUT2D eigenvalue weighted by molar-refractivity contribution is -0.142. The van der Waals surface area contributed by atoms with E-state index in [4.69, 9.17) is 4.74 Å². The van der Waals surface area contributed by atoms with Crippen LogP contribution in [0.5, 0.6) is 5.75 Å². The minimum absolute atomic E-state index is 0.153. The van der Waals surface area contributed by atoms with E-state index in [1.165, 1.54) is 18.9 Å². The second kappa shape index (κ2) is 9.94. The number of methoxy groups -OCH3 is 1. The fraction of sp³-hybridized carbons (Fsp3) is 0.150. The Morgan fingerprint density at radius 2 is 1.86 bits per heavy atom. The quantitative estimate of drug-likeness (QED) is 0.295. The molecule has 2 aromatic carbocycles. The smallest absolute Gasteiger partial charge is 0.343 e. The van der Waals surface area contributed by atoms with Gasteiger partial charge >= 0.3 is 5.97 Å². The molecule has 2 aromatic rings. The molecule has 29 heavy (non-hydrogen) atoms. The minimum atomic E-state index is -0.442. The highest BCUT2D eigenvalue weighted by molar-refractivity contribution is 14.1. The first-order valence-electron chi connectivity index (χ1n) is 8.40. The van der Waals surface area contributed by atoms with Crippen molar-refractivity contribution in [1.82, 2.24) is 5.32 Å². The number of thioether (sulfide) groups is 1. The number of carbonyl (C=O) groups excluding carboxylic acids is 2. The molecule has 1 N–H and O–H groups in total. The van der Waals surface area contributed by atoms with Gasteiger partial charge < -0.3 is 14.8 Å². The van der Waals surface area contributed by atoms with Gasteiger partial charge in [-0.3, -0.25) is 4.79 Å². The zero-order valence-electron chi connectivity index (χ0n) is 15.5. The van der Waals surface area contributed by atoms with Gasteiger partial charge in [0.15, 0.2) is 11.8 Å². The van der Waals surface area contributed by atoms with Gasteiger partial charge in [0.05, 0.1) is 24.8 Å². The number of amides is 1. The largest absolute Gasteiger partial charge is 0.480 e. The molecule has 0 saturated carbocycles. The Hall–Kier alpha value is -1.60. The van der Waals surface area contributed by atoms with E-state index < -0.39 is 5.97 Å². The SMILES string of the molecule is COC(=O)COc1c(I)cc(/C=C2/SC(=Nc3ccc(C)cc3)NC2=O)cc1I. The number of nitrogens with zero attached hydrogens (tertiary/aromatic N) is 1. The Bertz CT molecular complexity index is 997. The molecule has 6 nitrogen and oxygen atoms in total. The van der Waals surface area contributed by atoms with Crippen LogP contribution < -0.4 is 10.1 Å². The standard InChI is InChI=1S/C20H16I2N2O4S/c1-11-3-5-13(6-4-11)23-20-24-19(26)16(29-20)9-12-7-14(21)18(15(22)8-12)28-10-17(25)27-2/h3-9H,10H2,1-2H3,(H,23,24,26)/b16-9+. The van der Waals surface area contributed by atoms with Gasteiger partial charge in [0.1, 0.15) is 5.75 Å². The Balaban J connectivity index is 1.78. The zero-order valence-corrected chi connectivity index (χ0v) is 20.6. The maximum atomic E-state index is 12.3. The number of carbonyl (C=O) groups is 2. The lowest BCUT2D eigenvalue weighted by Crippen LogP contribution is -2.19. The highest BCUT2D eigenvalue weighted by atomic mass is 127. The van der Waals surface area contributed by atoms with Crippen molar-refractivity contribution in [3.05, 3.63) is 59.6 Å². The molecule has 150 valence electrons. The summed E-state index contributed by atoms with van der Waals surface area (Å²) in [4.78, 5) is 28.7. The molecule has 0 aromatic heterocycles. The van der Waals surface area contributed by atoms with Crippen molar-refractivity contribution in [1.29, 1.82) is 0 Å². The van der Waals surface area contributed by atoms with Gasteiger partial charge in [0, 0.05) is 0 Å². The summed E-state index contributed by atoms with van der Waals surface area (Å²) in [6.45, 7) is 1.86. The Morgan fingerprint density at radius 3 is 2.48 bits per heavy atom. The first kappa shape index (κ1) is 22.1. The predicted molar refractivity (Wildman–Crippen MR) is 131 cm³/mol. The van der Waals surface area contributed by atoms with Gasteiger partial charge in [-0.15, -0.1) is 0 Å². The average Bonchev–Trinajstić information content (AvgIpc) is 3.01. The monoisotopic (exact) mass is 634 g/mol. The number of benzene rings is 2. The van der Waals surface area contributed by atoms with Gasteiger partial charge in [-0.05, 0) is 99.8 Å². The summed E-state index contributed by atoms with van der Waals surface area (Å²) in [5, 5.41) is 3.34. The number of hydrogen-bond donors (Lipinski definition) is 1. The predicted octanol–water partition coefficient (Wildman–Crippen LogP) is 4.65. The molecule has 1 fully saturated rings. The second-order valence-corrected chi connectivity index (χ2v) is 9.35. The van der Waals surface area contributed by atoms with Crippen LogP contribution >= 0.6 is 56.9 Å². The van der Waals surface area contributed by atoms with E-state index in [0.29, 0.717) is 15.8 Å². The molecule has 3 rings (SSSR count). The van der Waals surface area contributed by atoms with E-state index in [1.54, 1.807) is 0 Å². The second-order valence-electron chi connectivity index (χ2n) is 6.00. The molecule has 1 aliphatic rings. The molecule has 1 saturated heterocycles. The zero-order chi connectivity index (χ0) is 21.0. The number of rotatable bonds is 5. The number of hydrogen-bond acceptors (Lipinski definition) is 6. The highest BCUT2D eigenvalue weighted by Gasteiger charge is 2.24. The van der Waals surface area contributed by atoms with Gasteiger partial charge in [0.25, 0.3) is 5.91 Å². The molecule has 1 heterocycles. The van der Waals surface area contributed by atoms with Crippen molar-refractivity contribution in [2.45, 2.75) is 6.92 Å². The summed E-state index contributed by atoms with van der Waals surface area (Å²) >= 11 is 5.58. The number of aliphatic imine (C=N–C) groups is 1. The number of ether oxygens (including phenoxy) is 2. The summed E-state index contributed by atoms with van der Waals surface area (Å²) in [5.74, 6) is -0.0111. The highest BCUT2D eigenvalue weighted by Crippen LogP contribution is 2.32. The number of nitrogens with one attached hydrogen (secondary N) is 1. The lowest BCUT2D eigenvalue weighted by atomic mass is 10.2. The van der Waals surface area contributed by atoms with E-state index in [2.05, 4.69) is 60.2 Å². The van der Waals surface area contributed by atoms with E-state index in [1.807, 2.05) is 49.4 Å². The van der Waals surface area contributed by atoms with Crippen LogP contribution in [0.4, 0.5) is 5.69 Å². The van der Waals surface area contributed by atoms with Crippen molar-refractivity contribution in [2.24, 2.45) is 4.99 Å². The maximum absolute atomic E-state index is 12.3. The van der Waals surface area contributed by atoms with Gasteiger partial charge in [0.2, 0.25) is 0 Å². The molecule has 1 aliphatic heterocycles. The molecule has 1 amide bonds. The van der Waals surface area contributed by atoms with Crippen LogP contribution in [0.3, 0.4) is 0 Å². The van der Waals surface area contributed by atoms with Crippen molar-refractivity contribution < 1.29 is 19.1 Å². The Kier molecular flexibility index (Phi) is 7.57. The van der Waals surface area contributed by atoms with Crippen LogP contribution in [0, 0.1) is 14.1 Å². The molecular formula is C20H16I2N2O4S. The molecule has 0 atom stereocenters. The Morgan fingerprint density at radius 1 is 1.21 bits per heavy atom. The van der Waals surface area contributed by atoms with Crippen molar-refractivity contribution >= 4 is 85.8 Å². The normalized spacial score (nSPS) is 16.2. The number of esters is 1. The van der Waals surface area contributed by atoms with Crippen LogP contribution in [0.15, 0.2) is 46.3 Å². The summed E-state index contributed by atoms with van der Waals surface area (Å²) in [5.41, 5.74) is 2.80. The summed E-state index contributed by atoms with van der Waals surface area (Å²) < 4.78 is 11.8. The average molecular weight is 634 g/mol. The van der Waals surface area contributed by atoms with Crippen LogP contribution in [-0.2, 0) is 14.3 Å². The molecule has 0 spiro atoms. The third-order valence-corrected chi connectivity index (χ3v) is 6.31.